The summed E-state index contributed by atoms with van der Waals surface area (Å²) in [6.07, 6.45) is 0. The second-order valence-corrected chi connectivity index (χ2v) is 8.65. The maximum Gasteiger partial charge on any atom is 0.167 e. The van der Waals surface area contributed by atoms with Gasteiger partial charge in [0.25, 0.3) is 0 Å². The van der Waals surface area contributed by atoms with Gasteiger partial charge in [-0.05, 0) is 0 Å². The zero-order valence-electron chi connectivity index (χ0n) is 8.24. The molecule has 18 heavy (non-hydrogen) atoms. The Bertz CT molecular complexity index is 425. The number of alkyl halides is 6. The van der Waals surface area contributed by atoms with Gasteiger partial charge in [-0.1, -0.05) is 69.6 Å². The van der Waals surface area contributed by atoms with Crippen molar-refractivity contribution in [2.75, 3.05) is 0 Å². The zero-order chi connectivity index (χ0) is 13.7. The molecule has 1 heterocycles. The van der Waals surface area contributed by atoms with Gasteiger partial charge in [-0.3, -0.25) is 0 Å². The Morgan fingerprint density at radius 3 is 1.44 bits per heavy atom. The van der Waals surface area contributed by atoms with Gasteiger partial charge in [0, 0.05) is 11.8 Å². The molecule has 0 unspecified atom stereocenters. The lowest BCUT2D eigenvalue weighted by atomic mass is 9.84. The molecule has 0 aromatic carbocycles. The minimum atomic E-state index is -1.61. The fraction of sp³-hybridized carbons (Fsp3) is 0.778. The van der Waals surface area contributed by atoms with Crippen molar-refractivity contribution in [1.29, 1.82) is 0 Å². The van der Waals surface area contributed by atoms with Gasteiger partial charge < -0.3 is 4.74 Å². The van der Waals surface area contributed by atoms with Crippen molar-refractivity contribution in [2.24, 2.45) is 11.8 Å². The lowest BCUT2D eigenvalue weighted by molar-refractivity contribution is 0.112. The van der Waals surface area contributed by atoms with Crippen LogP contribution >= 0.6 is 92.8 Å². The molecular weight excluding hydrogens is 408 g/mol. The number of fused-ring (bicyclic) bond motifs is 5. The quantitative estimate of drug-likeness (QED) is 0.496. The third-order valence-electron chi connectivity index (χ3n) is 3.88. The predicted octanol–water partition coefficient (Wildman–Crippen LogP) is 5.22. The highest BCUT2D eigenvalue weighted by Gasteiger charge is 2.86. The van der Waals surface area contributed by atoms with Crippen molar-refractivity contribution in [3.8, 4) is 0 Å². The fourth-order valence-electron chi connectivity index (χ4n) is 3.05. The van der Waals surface area contributed by atoms with Crippen LogP contribution in [-0.2, 0) is 4.74 Å². The van der Waals surface area contributed by atoms with E-state index in [1.807, 2.05) is 0 Å². The van der Waals surface area contributed by atoms with Gasteiger partial charge in [0.15, 0.2) is 4.33 Å². The van der Waals surface area contributed by atoms with Gasteiger partial charge >= 0.3 is 0 Å². The number of hydrogen-bond donors (Lipinski definition) is 0. The molecule has 2 bridgehead atoms. The lowest BCUT2D eigenvalue weighted by Crippen LogP contribution is -2.47. The van der Waals surface area contributed by atoms with E-state index in [-0.39, 0.29) is 10.1 Å². The molecule has 9 heteroatoms. The minimum Gasteiger partial charge on any atom is -0.343 e. The summed E-state index contributed by atoms with van der Waals surface area (Å²) in [6.45, 7) is 0. The molecule has 0 radical (unpaired) electrons. The highest BCUT2D eigenvalue weighted by Crippen LogP contribution is 2.79. The van der Waals surface area contributed by atoms with Crippen LogP contribution in [0.4, 0.5) is 0 Å². The maximum atomic E-state index is 6.54. The van der Waals surface area contributed by atoms with Gasteiger partial charge in [0.2, 0.25) is 0 Å². The Hall–Kier alpha value is 2.02. The van der Waals surface area contributed by atoms with Crippen molar-refractivity contribution in [1.82, 2.24) is 0 Å². The number of ether oxygens (including phenoxy) is 1. The molecule has 102 valence electrons. The first-order chi connectivity index (χ1) is 8.11. The Balaban J connectivity index is 2.30. The lowest BCUT2D eigenvalue weighted by Gasteiger charge is -2.34. The van der Waals surface area contributed by atoms with E-state index in [1.165, 1.54) is 0 Å². The van der Waals surface area contributed by atoms with Crippen LogP contribution in [0.1, 0.15) is 0 Å². The molecule has 0 aromatic rings. The summed E-state index contributed by atoms with van der Waals surface area (Å²) in [5.74, 6) is -1.04. The molecule has 0 amide bonds. The van der Waals surface area contributed by atoms with Gasteiger partial charge in [0.1, 0.15) is 20.9 Å². The summed E-state index contributed by atoms with van der Waals surface area (Å²) in [6, 6.07) is 0. The summed E-state index contributed by atoms with van der Waals surface area (Å²) in [5, 5.41) is 0.208. The first-order valence-electron chi connectivity index (χ1n) is 4.87. The molecule has 1 aliphatic heterocycles. The molecule has 2 aliphatic carbocycles. The minimum absolute atomic E-state index is 0.104. The van der Waals surface area contributed by atoms with Crippen LogP contribution in [0.25, 0.3) is 0 Å². The molecule has 1 saturated heterocycles. The fourth-order valence-corrected chi connectivity index (χ4v) is 7.18. The molecule has 1 nitrogen and oxygen atoms in total. The molecule has 0 aromatic heterocycles. The first kappa shape index (κ1) is 14.9. The second-order valence-electron chi connectivity index (χ2n) is 4.52. The molecule has 6 atom stereocenters. The third kappa shape index (κ3) is 1.27. The van der Waals surface area contributed by atoms with E-state index in [2.05, 4.69) is 0 Å². The van der Waals surface area contributed by atoms with Gasteiger partial charge in [-0.2, -0.15) is 0 Å². The zero-order valence-corrected chi connectivity index (χ0v) is 14.3. The Labute approximate surface area is 143 Å². The number of hydrogen-bond acceptors (Lipinski definition) is 1. The van der Waals surface area contributed by atoms with Crippen LogP contribution < -0.4 is 0 Å². The van der Waals surface area contributed by atoms with Crippen molar-refractivity contribution in [2.45, 2.75) is 25.2 Å². The molecule has 2 fully saturated rings. The van der Waals surface area contributed by atoms with Gasteiger partial charge in [0.05, 0.1) is 10.1 Å². The van der Waals surface area contributed by atoms with E-state index in [1.54, 1.807) is 0 Å². The number of allylic oxidation sites excluding steroid dienone is 2. The highest BCUT2D eigenvalue weighted by atomic mass is 35.5. The molecule has 0 N–H and O–H groups in total. The monoisotopic (exact) mass is 408 g/mol. The van der Waals surface area contributed by atoms with Crippen LogP contribution in [0, 0.1) is 11.8 Å². The smallest absolute Gasteiger partial charge is 0.167 e. The van der Waals surface area contributed by atoms with Crippen molar-refractivity contribution >= 4 is 92.8 Å². The van der Waals surface area contributed by atoms with Crippen LogP contribution in [-0.4, -0.2) is 25.2 Å². The molecule has 1 saturated carbocycles. The van der Waals surface area contributed by atoms with E-state index < -0.39 is 37.0 Å². The topological polar surface area (TPSA) is 9.23 Å². The third-order valence-corrected chi connectivity index (χ3v) is 8.92. The Morgan fingerprint density at radius 2 is 1.11 bits per heavy atom. The maximum absolute atomic E-state index is 6.54. The summed E-state index contributed by atoms with van der Waals surface area (Å²) in [4.78, 5) is -2.81. The largest absolute Gasteiger partial charge is 0.343 e. The van der Waals surface area contributed by atoms with Crippen LogP contribution in [0.2, 0.25) is 0 Å². The molecule has 0 spiro atoms. The number of rotatable bonds is 0. The van der Waals surface area contributed by atoms with E-state index in [0.717, 1.165) is 0 Å². The average molecular weight is 412 g/mol. The molecule has 3 rings (SSSR count). The first-order valence-corrected chi connectivity index (χ1v) is 8.01. The van der Waals surface area contributed by atoms with Crippen molar-refractivity contribution < 1.29 is 4.74 Å². The Morgan fingerprint density at radius 1 is 0.778 bits per heavy atom. The van der Waals surface area contributed by atoms with E-state index in [9.17, 15) is 0 Å². The van der Waals surface area contributed by atoms with Crippen LogP contribution in [0.15, 0.2) is 10.1 Å². The number of halogens is 8. The van der Waals surface area contributed by atoms with Gasteiger partial charge in [-0.15, -0.1) is 23.2 Å². The summed E-state index contributed by atoms with van der Waals surface area (Å²) in [5.41, 5.74) is -1.57. The van der Waals surface area contributed by atoms with Crippen LogP contribution in [0.5, 0.6) is 0 Å². The summed E-state index contributed by atoms with van der Waals surface area (Å²) < 4.78 is 3.72. The SMILES string of the molecule is ClC1=C(Cl)[C@@]2(Cl)[C@H]3[C@@H]([C@H](Cl)O[C@H]3Cl)[C@@]1(Cl)C2(Cl)Cl. The van der Waals surface area contributed by atoms with Crippen molar-refractivity contribution in [3.63, 3.8) is 0 Å². The van der Waals surface area contributed by atoms with E-state index >= 15 is 0 Å². The summed E-state index contributed by atoms with van der Waals surface area (Å²) in [7, 11) is 0. The van der Waals surface area contributed by atoms with E-state index in [4.69, 9.17) is 97.5 Å². The second kappa shape index (κ2) is 4.06. The average Bonchev–Trinajstić information content (AvgIpc) is 2.68. The highest BCUT2D eigenvalue weighted by molar-refractivity contribution is 6.66. The Kier molecular flexibility index (Phi) is 3.37. The standard InChI is InChI=1S/C9H4Cl8O/c10-3-4(11)8(15)2-1(5(12)18-6(2)13)7(3,14)9(8,16)17/h1-2,5-6H/t1-,2-,5+,6+,7-,8-/m0/s1. The van der Waals surface area contributed by atoms with Crippen molar-refractivity contribution in [3.05, 3.63) is 10.1 Å². The molecular formula is C9H4Cl8O. The molecule has 3 aliphatic rings. The normalized spacial score (nSPS) is 57.3. The summed E-state index contributed by atoms with van der Waals surface area (Å²) >= 11 is 50.3. The van der Waals surface area contributed by atoms with Gasteiger partial charge in [-0.25, -0.2) is 0 Å². The predicted molar refractivity (Wildman–Crippen MR) is 77.7 cm³/mol. The van der Waals surface area contributed by atoms with Crippen LogP contribution in [0.3, 0.4) is 0 Å². The van der Waals surface area contributed by atoms with E-state index in [0.29, 0.717) is 0 Å².